The third-order valence-electron chi connectivity index (χ3n) is 4.44. The third kappa shape index (κ3) is 3.88. The third-order valence-corrected chi connectivity index (χ3v) is 4.44. The monoisotopic (exact) mass is 329 g/mol. The Bertz CT molecular complexity index is 757. The van der Waals surface area contributed by atoms with Crippen LogP contribution in [0.3, 0.4) is 0 Å². The lowest BCUT2D eigenvalue weighted by Crippen LogP contribution is -2.39. The molecule has 1 aliphatic rings. The molecule has 1 saturated heterocycles. The molecule has 1 aromatic carbocycles. The van der Waals surface area contributed by atoms with Crippen molar-refractivity contribution in [1.82, 2.24) is 14.7 Å². The van der Waals surface area contributed by atoms with Crippen LogP contribution in [0.2, 0.25) is 0 Å². The van der Waals surface area contributed by atoms with E-state index in [4.69, 9.17) is 0 Å². The van der Waals surface area contributed by atoms with E-state index >= 15 is 0 Å². The molecule has 1 aliphatic heterocycles. The highest BCUT2D eigenvalue weighted by atomic mass is 19.1. The van der Waals surface area contributed by atoms with E-state index in [9.17, 15) is 14.0 Å². The van der Waals surface area contributed by atoms with Crippen LogP contribution in [0.4, 0.5) is 4.39 Å². The normalized spacial score (nSPS) is 18.2. The Hall–Kier alpha value is -2.50. The van der Waals surface area contributed by atoms with Crippen molar-refractivity contribution in [3.05, 3.63) is 64.3 Å². The van der Waals surface area contributed by atoms with Gasteiger partial charge in [0.25, 0.3) is 5.56 Å². The number of carbonyl (C=O) groups excluding carboxylic acids is 1. The molecular formula is C18H20FN3O2. The quantitative estimate of drug-likeness (QED) is 0.867. The van der Waals surface area contributed by atoms with Crippen molar-refractivity contribution in [2.24, 2.45) is 0 Å². The van der Waals surface area contributed by atoms with Crippen molar-refractivity contribution in [2.45, 2.75) is 31.7 Å². The summed E-state index contributed by atoms with van der Waals surface area (Å²) < 4.78 is 14.3. The maximum atomic E-state index is 13.1. The zero-order valence-electron chi connectivity index (χ0n) is 13.4. The van der Waals surface area contributed by atoms with Crippen LogP contribution in [0.25, 0.3) is 0 Å². The summed E-state index contributed by atoms with van der Waals surface area (Å²) in [6.07, 6.45) is 4.42. The summed E-state index contributed by atoms with van der Waals surface area (Å²) in [5.74, 6) is -0.169. The number of nitrogens with zero attached hydrogens (tertiary/aromatic N) is 3. The van der Waals surface area contributed by atoms with Gasteiger partial charge < -0.3 is 4.90 Å². The number of benzene rings is 1. The minimum atomic E-state index is -0.282. The minimum absolute atomic E-state index is 0.0458. The second kappa shape index (κ2) is 7.38. The van der Waals surface area contributed by atoms with Crippen LogP contribution < -0.4 is 5.56 Å². The lowest BCUT2D eigenvalue weighted by molar-refractivity contribution is -0.132. The maximum Gasteiger partial charge on any atom is 0.267 e. The smallest absolute Gasteiger partial charge is 0.267 e. The van der Waals surface area contributed by atoms with Crippen LogP contribution in [-0.4, -0.2) is 33.7 Å². The molecule has 0 aliphatic carbocycles. The van der Waals surface area contributed by atoms with Crippen LogP contribution in [0.15, 0.2) is 47.4 Å². The van der Waals surface area contributed by atoms with Crippen molar-refractivity contribution in [3.63, 3.8) is 0 Å². The van der Waals surface area contributed by atoms with Gasteiger partial charge in [0.15, 0.2) is 0 Å². The van der Waals surface area contributed by atoms with Crippen molar-refractivity contribution < 1.29 is 9.18 Å². The number of aromatic nitrogens is 2. The average molecular weight is 329 g/mol. The van der Waals surface area contributed by atoms with Gasteiger partial charge >= 0.3 is 0 Å². The zero-order valence-corrected chi connectivity index (χ0v) is 13.4. The molecule has 2 heterocycles. The summed E-state index contributed by atoms with van der Waals surface area (Å²) in [4.78, 5) is 26.1. The largest absolute Gasteiger partial charge is 0.340 e. The fourth-order valence-corrected chi connectivity index (χ4v) is 3.11. The van der Waals surface area contributed by atoms with Gasteiger partial charge in [0.05, 0.1) is 0 Å². The number of hydrogen-bond donors (Lipinski definition) is 0. The van der Waals surface area contributed by atoms with E-state index in [1.807, 2.05) is 0 Å². The zero-order chi connectivity index (χ0) is 16.9. The Morgan fingerprint density at radius 2 is 2.00 bits per heavy atom. The summed E-state index contributed by atoms with van der Waals surface area (Å²) in [6, 6.07) is 9.44. The van der Waals surface area contributed by atoms with Crippen LogP contribution in [0.1, 0.15) is 30.7 Å². The standard InChI is InChI=1S/C18H20FN3O2/c19-16-8-6-14(7-9-16)15-4-1-2-11-21(12-15)18(24)13-22-17(23)5-3-10-20-22/h3,5-10,15H,1-2,4,11-13H2/t15-/m0/s1. The van der Waals surface area contributed by atoms with E-state index < -0.39 is 0 Å². The average Bonchev–Trinajstić information content (AvgIpc) is 2.84. The summed E-state index contributed by atoms with van der Waals surface area (Å²) in [6.45, 7) is 1.22. The SMILES string of the molecule is O=C(Cn1ncccc1=O)N1CCCC[C@H](c2ccc(F)cc2)C1. The van der Waals surface area contributed by atoms with Gasteiger partial charge in [0, 0.05) is 31.3 Å². The number of carbonyl (C=O) groups is 1. The predicted octanol–water partition coefficient (Wildman–Crippen LogP) is 2.18. The molecule has 1 atom stereocenters. The predicted molar refractivity (Wildman–Crippen MR) is 88.1 cm³/mol. The van der Waals surface area contributed by atoms with E-state index in [-0.39, 0.29) is 29.7 Å². The molecule has 1 fully saturated rings. The van der Waals surface area contributed by atoms with Crippen molar-refractivity contribution in [2.75, 3.05) is 13.1 Å². The Morgan fingerprint density at radius 1 is 1.21 bits per heavy atom. The molecule has 0 spiro atoms. The molecule has 0 bridgehead atoms. The maximum absolute atomic E-state index is 13.1. The number of halogens is 1. The minimum Gasteiger partial charge on any atom is -0.340 e. The van der Waals surface area contributed by atoms with Crippen molar-refractivity contribution in [1.29, 1.82) is 0 Å². The van der Waals surface area contributed by atoms with E-state index in [0.29, 0.717) is 13.1 Å². The molecule has 0 saturated carbocycles. The number of amides is 1. The molecule has 2 aromatic rings. The Balaban J connectivity index is 1.72. The van der Waals surface area contributed by atoms with Gasteiger partial charge in [-0.05, 0) is 36.6 Å². The molecule has 1 amide bonds. The second-order valence-electron chi connectivity index (χ2n) is 6.10. The molecule has 0 N–H and O–H groups in total. The van der Waals surface area contributed by atoms with Crippen molar-refractivity contribution >= 4 is 5.91 Å². The molecule has 1 aromatic heterocycles. The first-order chi connectivity index (χ1) is 11.6. The molecular weight excluding hydrogens is 309 g/mol. The molecule has 5 nitrogen and oxygen atoms in total. The fourth-order valence-electron chi connectivity index (χ4n) is 3.11. The summed E-state index contributed by atoms with van der Waals surface area (Å²) in [5.41, 5.74) is 0.766. The fraction of sp³-hybridized carbons (Fsp3) is 0.389. The molecule has 0 unspecified atom stereocenters. The van der Waals surface area contributed by atoms with Gasteiger partial charge in [-0.2, -0.15) is 5.10 Å². The van der Waals surface area contributed by atoms with E-state index in [1.54, 1.807) is 23.1 Å². The van der Waals surface area contributed by atoms with E-state index in [0.717, 1.165) is 24.8 Å². The molecule has 3 rings (SSSR count). The van der Waals surface area contributed by atoms with Gasteiger partial charge in [-0.15, -0.1) is 0 Å². The molecule has 126 valence electrons. The first-order valence-corrected chi connectivity index (χ1v) is 8.19. The lowest BCUT2D eigenvalue weighted by Gasteiger charge is -2.25. The molecule has 0 radical (unpaired) electrons. The van der Waals surface area contributed by atoms with Crippen LogP contribution >= 0.6 is 0 Å². The van der Waals surface area contributed by atoms with Gasteiger partial charge in [0.1, 0.15) is 12.4 Å². The van der Waals surface area contributed by atoms with E-state index in [2.05, 4.69) is 5.10 Å². The van der Waals surface area contributed by atoms with Crippen LogP contribution in [-0.2, 0) is 11.3 Å². The molecule has 24 heavy (non-hydrogen) atoms. The van der Waals surface area contributed by atoms with Gasteiger partial charge in [-0.3, -0.25) is 9.59 Å². The number of rotatable bonds is 3. The van der Waals surface area contributed by atoms with Gasteiger partial charge in [0.2, 0.25) is 5.91 Å². The summed E-state index contributed by atoms with van der Waals surface area (Å²) in [5, 5.41) is 3.94. The Labute approximate surface area is 139 Å². The number of hydrogen-bond acceptors (Lipinski definition) is 3. The topological polar surface area (TPSA) is 55.2 Å². The highest BCUT2D eigenvalue weighted by Crippen LogP contribution is 2.26. The Morgan fingerprint density at radius 3 is 2.75 bits per heavy atom. The molecule has 6 heteroatoms. The highest BCUT2D eigenvalue weighted by Gasteiger charge is 2.23. The highest BCUT2D eigenvalue weighted by molar-refractivity contribution is 5.76. The lowest BCUT2D eigenvalue weighted by atomic mass is 9.94. The van der Waals surface area contributed by atoms with E-state index in [1.165, 1.54) is 29.1 Å². The van der Waals surface area contributed by atoms with Crippen LogP contribution in [0.5, 0.6) is 0 Å². The van der Waals surface area contributed by atoms with Crippen LogP contribution in [0, 0.1) is 5.82 Å². The van der Waals surface area contributed by atoms with Crippen molar-refractivity contribution in [3.8, 4) is 0 Å². The first-order valence-electron chi connectivity index (χ1n) is 8.19. The van der Waals surface area contributed by atoms with Gasteiger partial charge in [-0.1, -0.05) is 18.6 Å². The first kappa shape index (κ1) is 16.4. The van der Waals surface area contributed by atoms with Gasteiger partial charge in [-0.25, -0.2) is 9.07 Å². The second-order valence-corrected chi connectivity index (χ2v) is 6.10. The Kier molecular flexibility index (Phi) is 5.03. The number of likely N-dealkylation sites (tertiary alicyclic amines) is 1. The summed E-state index contributed by atoms with van der Waals surface area (Å²) in [7, 11) is 0. The summed E-state index contributed by atoms with van der Waals surface area (Å²) >= 11 is 0.